The average molecular weight is 484 g/mol. The SMILES string of the molecule is Cc1cc(C)c(CC(N)C(=O)NC2CCNc3ccc(CC4Cc5ccc(O)cc5C4)cc32)c(C)c1. The molecule has 3 atom stereocenters. The molecule has 5 heteroatoms. The van der Waals surface area contributed by atoms with Crippen LogP contribution in [-0.4, -0.2) is 23.6 Å². The van der Waals surface area contributed by atoms with Gasteiger partial charge in [0.15, 0.2) is 0 Å². The Morgan fingerprint density at radius 1 is 1.06 bits per heavy atom. The number of fused-ring (bicyclic) bond motifs is 2. The number of carbonyl (C=O) groups excluding carboxylic acids is 1. The lowest BCUT2D eigenvalue weighted by atomic mass is 9.90. The van der Waals surface area contributed by atoms with E-state index in [0.717, 1.165) is 43.5 Å². The highest BCUT2D eigenvalue weighted by Gasteiger charge is 2.27. The van der Waals surface area contributed by atoms with Gasteiger partial charge in [-0.3, -0.25) is 4.79 Å². The van der Waals surface area contributed by atoms with E-state index in [4.69, 9.17) is 5.73 Å². The molecule has 0 aromatic heterocycles. The molecule has 188 valence electrons. The summed E-state index contributed by atoms with van der Waals surface area (Å²) < 4.78 is 0. The summed E-state index contributed by atoms with van der Waals surface area (Å²) in [4.78, 5) is 13.2. The maximum atomic E-state index is 13.2. The van der Waals surface area contributed by atoms with Crippen molar-refractivity contribution in [1.29, 1.82) is 0 Å². The molecule has 0 saturated carbocycles. The van der Waals surface area contributed by atoms with E-state index in [2.05, 4.69) is 67.8 Å². The summed E-state index contributed by atoms with van der Waals surface area (Å²) in [5.74, 6) is 0.779. The zero-order valence-electron chi connectivity index (χ0n) is 21.5. The molecule has 0 spiro atoms. The second kappa shape index (κ2) is 9.98. The molecule has 1 amide bonds. The van der Waals surface area contributed by atoms with Gasteiger partial charge in [0.05, 0.1) is 12.1 Å². The first-order chi connectivity index (χ1) is 17.3. The van der Waals surface area contributed by atoms with E-state index in [1.807, 2.05) is 6.07 Å². The van der Waals surface area contributed by atoms with E-state index in [9.17, 15) is 9.90 Å². The topological polar surface area (TPSA) is 87.4 Å². The van der Waals surface area contributed by atoms with E-state index < -0.39 is 6.04 Å². The predicted molar refractivity (Wildman–Crippen MR) is 145 cm³/mol. The fourth-order valence-corrected chi connectivity index (χ4v) is 6.14. The Morgan fingerprint density at radius 3 is 2.58 bits per heavy atom. The van der Waals surface area contributed by atoms with E-state index >= 15 is 0 Å². The van der Waals surface area contributed by atoms with Crippen LogP contribution in [0, 0.1) is 26.7 Å². The molecule has 0 bridgehead atoms. The molecule has 0 saturated heterocycles. The number of hydrogen-bond acceptors (Lipinski definition) is 4. The Hall–Kier alpha value is -3.31. The average Bonchev–Trinajstić information content (AvgIpc) is 3.22. The molecule has 3 aromatic rings. The standard InChI is InChI=1S/C31H37N3O2/c1-18-10-19(2)26(20(3)11-18)17-28(32)31(36)34-30-8-9-33-29-7-4-21(15-27(29)30)12-22-13-23-5-6-25(35)16-24(23)14-22/h4-7,10-11,15-16,22,28,30,33,35H,8-9,12-14,17,32H2,1-3H3,(H,34,36). The quantitative estimate of drug-likeness (QED) is 0.405. The highest BCUT2D eigenvalue weighted by Crippen LogP contribution is 2.35. The smallest absolute Gasteiger partial charge is 0.237 e. The number of phenols is 1. The van der Waals surface area contributed by atoms with Gasteiger partial charge in [0.25, 0.3) is 0 Å². The lowest BCUT2D eigenvalue weighted by molar-refractivity contribution is -0.123. The minimum Gasteiger partial charge on any atom is -0.508 e. The van der Waals surface area contributed by atoms with E-state index in [0.29, 0.717) is 18.1 Å². The number of rotatable bonds is 6. The van der Waals surface area contributed by atoms with Gasteiger partial charge >= 0.3 is 0 Å². The highest BCUT2D eigenvalue weighted by molar-refractivity contribution is 5.82. The lowest BCUT2D eigenvalue weighted by Crippen LogP contribution is -2.44. The minimum atomic E-state index is -0.583. The second-order valence-electron chi connectivity index (χ2n) is 10.8. The van der Waals surface area contributed by atoms with Crippen LogP contribution in [0.5, 0.6) is 5.75 Å². The number of amides is 1. The Labute approximate surface area is 214 Å². The van der Waals surface area contributed by atoms with Gasteiger partial charge in [0.1, 0.15) is 5.75 Å². The fourth-order valence-electron chi connectivity index (χ4n) is 6.14. The third-order valence-electron chi connectivity index (χ3n) is 7.89. The number of carbonyl (C=O) groups is 1. The number of nitrogens with one attached hydrogen (secondary N) is 2. The summed E-state index contributed by atoms with van der Waals surface area (Å²) in [5, 5.41) is 16.6. The Kier molecular flexibility index (Phi) is 6.76. The molecule has 1 aliphatic heterocycles. The molecule has 0 fully saturated rings. The monoisotopic (exact) mass is 483 g/mol. The maximum absolute atomic E-state index is 13.2. The highest BCUT2D eigenvalue weighted by atomic mass is 16.3. The molecular weight excluding hydrogens is 446 g/mol. The molecule has 5 nitrogen and oxygen atoms in total. The van der Waals surface area contributed by atoms with Gasteiger partial charge in [-0.15, -0.1) is 0 Å². The van der Waals surface area contributed by atoms with E-state index in [1.54, 1.807) is 6.07 Å². The molecule has 3 unspecified atom stereocenters. The largest absolute Gasteiger partial charge is 0.508 e. The predicted octanol–water partition coefficient (Wildman–Crippen LogP) is 4.82. The molecule has 1 heterocycles. The van der Waals surface area contributed by atoms with Crippen LogP contribution in [0.1, 0.15) is 57.0 Å². The summed E-state index contributed by atoms with van der Waals surface area (Å²) in [7, 11) is 0. The van der Waals surface area contributed by atoms with Crippen molar-refractivity contribution in [2.45, 2.75) is 65.0 Å². The molecule has 2 aliphatic rings. The van der Waals surface area contributed by atoms with Crippen molar-refractivity contribution in [3.63, 3.8) is 0 Å². The normalized spacial score (nSPS) is 19.2. The molecule has 5 N–H and O–H groups in total. The zero-order chi connectivity index (χ0) is 25.4. The number of nitrogens with two attached hydrogens (primary N) is 1. The van der Waals surface area contributed by atoms with Crippen molar-refractivity contribution in [3.05, 3.63) is 93.0 Å². The first kappa shape index (κ1) is 24.4. The van der Waals surface area contributed by atoms with Gasteiger partial charge < -0.3 is 21.5 Å². The number of hydrogen-bond donors (Lipinski definition) is 4. The fraction of sp³-hybridized carbons (Fsp3) is 0.387. The van der Waals surface area contributed by atoms with Crippen molar-refractivity contribution < 1.29 is 9.90 Å². The molecule has 5 rings (SSSR count). The van der Waals surface area contributed by atoms with Crippen LogP contribution in [0.25, 0.3) is 0 Å². The van der Waals surface area contributed by atoms with Crippen LogP contribution >= 0.6 is 0 Å². The van der Waals surface area contributed by atoms with Crippen LogP contribution in [0.2, 0.25) is 0 Å². The first-order valence-electron chi connectivity index (χ1n) is 13.1. The third-order valence-corrected chi connectivity index (χ3v) is 7.89. The van der Waals surface area contributed by atoms with Crippen LogP contribution in [0.15, 0.2) is 48.5 Å². The van der Waals surface area contributed by atoms with Crippen molar-refractivity contribution >= 4 is 11.6 Å². The Morgan fingerprint density at radius 2 is 1.81 bits per heavy atom. The van der Waals surface area contributed by atoms with Gasteiger partial charge in [-0.1, -0.05) is 35.9 Å². The first-order valence-corrected chi connectivity index (χ1v) is 13.1. The van der Waals surface area contributed by atoms with Crippen molar-refractivity contribution in [2.24, 2.45) is 11.7 Å². The number of phenolic OH excluding ortho intramolecular Hbond substituents is 1. The van der Waals surface area contributed by atoms with E-state index in [-0.39, 0.29) is 11.9 Å². The van der Waals surface area contributed by atoms with Gasteiger partial charge in [0, 0.05) is 12.2 Å². The van der Waals surface area contributed by atoms with Crippen molar-refractivity contribution in [3.8, 4) is 5.75 Å². The van der Waals surface area contributed by atoms with Gasteiger partial charge in [-0.25, -0.2) is 0 Å². The molecule has 3 aromatic carbocycles. The van der Waals surface area contributed by atoms with Gasteiger partial charge in [-0.2, -0.15) is 0 Å². The molecular formula is C31H37N3O2. The van der Waals surface area contributed by atoms with Gasteiger partial charge in [0.2, 0.25) is 5.91 Å². The van der Waals surface area contributed by atoms with Crippen molar-refractivity contribution in [1.82, 2.24) is 5.32 Å². The molecule has 1 aliphatic carbocycles. The Balaban J connectivity index is 1.27. The maximum Gasteiger partial charge on any atom is 0.237 e. The second-order valence-corrected chi connectivity index (χ2v) is 10.8. The lowest BCUT2D eigenvalue weighted by Gasteiger charge is -2.29. The Bertz CT molecular complexity index is 1280. The number of anilines is 1. The summed E-state index contributed by atoms with van der Waals surface area (Å²) in [6.45, 7) is 7.10. The number of benzene rings is 3. The summed E-state index contributed by atoms with van der Waals surface area (Å²) in [5.41, 5.74) is 17.3. The summed E-state index contributed by atoms with van der Waals surface area (Å²) in [6, 6.07) is 16.0. The van der Waals surface area contributed by atoms with Crippen LogP contribution in [0.3, 0.4) is 0 Å². The number of aromatic hydroxyl groups is 1. The number of aryl methyl sites for hydroxylation is 3. The summed E-state index contributed by atoms with van der Waals surface area (Å²) >= 11 is 0. The van der Waals surface area contributed by atoms with Gasteiger partial charge in [-0.05, 0) is 116 Å². The zero-order valence-corrected chi connectivity index (χ0v) is 21.5. The third kappa shape index (κ3) is 5.12. The van der Waals surface area contributed by atoms with Crippen LogP contribution in [0.4, 0.5) is 5.69 Å². The van der Waals surface area contributed by atoms with Crippen LogP contribution in [-0.2, 0) is 30.5 Å². The van der Waals surface area contributed by atoms with Crippen LogP contribution < -0.4 is 16.4 Å². The van der Waals surface area contributed by atoms with Crippen molar-refractivity contribution in [2.75, 3.05) is 11.9 Å². The van der Waals surface area contributed by atoms with E-state index in [1.165, 1.54) is 38.9 Å². The molecule has 0 radical (unpaired) electrons. The summed E-state index contributed by atoms with van der Waals surface area (Å²) in [6.07, 6.45) is 4.39. The minimum absolute atomic E-state index is 0.0438. The molecule has 36 heavy (non-hydrogen) atoms.